The lowest BCUT2D eigenvalue weighted by Gasteiger charge is -2.28. The van der Waals surface area contributed by atoms with Gasteiger partial charge in [0.25, 0.3) is 0 Å². The molecular formula is C10H20BrNO2. The van der Waals surface area contributed by atoms with Gasteiger partial charge in [0.05, 0.1) is 21.1 Å². The zero-order valence-electron chi connectivity index (χ0n) is 9.42. The number of hydrogen-bond donors (Lipinski definition) is 0. The van der Waals surface area contributed by atoms with Crippen LogP contribution in [-0.2, 0) is 9.53 Å². The SMILES string of the molecule is C=CC(=O)OC(CC)C[N+](C)(C)C.[Br-]. The van der Waals surface area contributed by atoms with Crippen LogP contribution in [0.1, 0.15) is 13.3 Å². The molecular weight excluding hydrogens is 246 g/mol. The normalized spacial score (nSPS) is 12.6. The van der Waals surface area contributed by atoms with Crippen molar-refractivity contribution in [2.75, 3.05) is 27.7 Å². The molecule has 14 heavy (non-hydrogen) atoms. The number of likely N-dealkylation sites (N-methyl/N-ethyl adjacent to an activating group) is 1. The minimum Gasteiger partial charge on any atom is -1.00 e. The molecule has 0 aliphatic rings. The van der Waals surface area contributed by atoms with Crippen molar-refractivity contribution in [1.82, 2.24) is 0 Å². The second-order valence-electron chi connectivity index (χ2n) is 4.14. The molecule has 0 radical (unpaired) electrons. The Labute approximate surface area is 97.1 Å². The third-order valence-corrected chi connectivity index (χ3v) is 1.66. The number of quaternary nitrogens is 1. The summed E-state index contributed by atoms with van der Waals surface area (Å²) in [4.78, 5) is 10.9. The lowest BCUT2D eigenvalue weighted by Crippen LogP contribution is -3.00. The maximum absolute atomic E-state index is 10.9. The van der Waals surface area contributed by atoms with Crippen LogP contribution in [0.25, 0.3) is 0 Å². The molecule has 0 saturated carbocycles. The van der Waals surface area contributed by atoms with E-state index in [1.165, 1.54) is 6.08 Å². The second-order valence-corrected chi connectivity index (χ2v) is 4.14. The first-order chi connectivity index (χ1) is 5.89. The molecule has 0 N–H and O–H groups in total. The van der Waals surface area contributed by atoms with E-state index >= 15 is 0 Å². The van der Waals surface area contributed by atoms with Gasteiger partial charge in [-0.1, -0.05) is 13.5 Å². The van der Waals surface area contributed by atoms with E-state index in [-0.39, 0.29) is 29.1 Å². The summed E-state index contributed by atoms with van der Waals surface area (Å²) in [5.74, 6) is -0.333. The third-order valence-electron chi connectivity index (χ3n) is 1.66. The molecule has 0 fully saturated rings. The molecule has 1 atom stereocenters. The molecule has 0 bridgehead atoms. The highest BCUT2D eigenvalue weighted by molar-refractivity contribution is 5.81. The zero-order valence-corrected chi connectivity index (χ0v) is 11.0. The third kappa shape index (κ3) is 8.26. The summed E-state index contributed by atoms with van der Waals surface area (Å²) >= 11 is 0. The zero-order chi connectivity index (χ0) is 10.5. The molecule has 4 heteroatoms. The summed E-state index contributed by atoms with van der Waals surface area (Å²) in [7, 11) is 6.22. The molecule has 0 heterocycles. The van der Waals surface area contributed by atoms with Crippen LogP contribution in [0.15, 0.2) is 12.7 Å². The smallest absolute Gasteiger partial charge is 0.330 e. The molecule has 0 spiro atoms. The van der Waals surface area contributed by atoms with Gasteiger partial charge in [0.15, 0.2) is 6.10 Å². The molecule has 0 aromatic heterocycles. The van der Waals surface area contributed by atoms with Crippen molar-refractivity contribution < 1.29 is 31.0 Å². The van der Waals surface area contributed by atoms with Gasteiger partial charge in [0.1, 0.15) is 6.54 Å². The maximum atomic E-state index is 10.9. The van der Waals surface area contributed by atoms with Crippen LogP contribution < -0.4 is 17.0 Å². The van der Waals surface area contributed by atoms with Crippen molar-refractivity contribution in [3.8, 4) is 0 Å². The molecule has 1 unspecified atom stereocenters. The lowest BCUT2D eigenvalue weighted by atomic mass is 10.2. The Morgan fingerprint density at radius 2 is 2.00 bits per heavy atom. The molecule has 0 rings (SSSR count). The Morgan fingerprint density at radius 1 is 1.50 bits per heavy atom. The van der Waals surface area contributed by atoms with E-state index < -0.39 is 0 Å². The Hall–Kier alpha value is -0.350. The summed E-state index contributed by atoms with van der Waals surface area (Å²) in [5, 5.41) is 0. The predicted octanol–water partition coefficient (Wildman–Crippen LogP) is -1.80. The van der Waals surface area contributed by atoms with E-state index in [9.17, 15) is 4.79 Å². The van der Waals surface area contributed by atoms with Gasteiger partial charge in [0.2, 0.25) is 0 Å². The summed E-state index contributed by atoms with van der Waals surface area (Å²) in [5.41, 5.74) is 0. The van der Waals surface area contributed by atoms with Gasteiger partial charge >= 0.3 is 5.97 Å². The monoisotopic (exact) mass is 265 g/mol. The minimum absolute atomic E-state index is 0. The topological polar surface area (TPSA) is 26.3 Å². The van der Waals surface area contributed by atoms with Crippen molar-refractivity contribution in [1.29, 1.82) is 0 Å². The van der Waals surface area contributed by atoms with Crippen molar-refractivity contribution in [2.45, 2.75) is 19.4 Å². The van der Waals surface area contributed by atoms with E-state index in [0.29, 0.717) is 0 Å². The van der Waals surface area contributed by atoms with Gasteiger partial charge in [-0.3, -0.25) is 0 Å². The van der Waals surface area contributed by atoms with Gasteiger partial charge in [0, 0.05) is 6.08 Å². The first-order valence-corrected chi connectivity index (χ1v) is 4.52. The molecule has 0 saturated heterocycles. The quantitative estimate of drug-likeness (QED) is 0.333. The van der Waals surface area contributed by atoms with Crippen LogP contribution in [-0.4, -0.2) is 44.2 Å². The van der Waals surface area contributed by atoms with E-state index in [0.717, 1.165) is 17.4 Å². The first kappa shape index (κ1) is 16.1. The summed E-state index contributed by atoms with van der Waals surface area (Å²) in [6, 6.07) is 0. The predicted molar refractivity (Wildman–Crippen MR) is 53.3 cm³/mol. The molecule has 84 valence electrons. The number of halogens is 1. The van der Waals surface area contributed by atoms with Crippen LogP contribution in [0, 0.1) is 0 Å². The van der Waals surface area contributed by atoms with Crippen LogP contribution in [0.5, 0.6) is 0 Å². The largest absolute Gasteiger partial charge is 1.00 e. The van der Waals surface area contributed by atoms with Crippen molar-refractivity contribution in [3.63, 3.8) is 0 Å². The Bertz CT molecular complexity index is 187. The molecule has 0 amide bonds. The molecule has 0 aromatic carbocycles. The summed E-state index contributed by atoms with van der Waals surface area (Å²) in [6.45, 7) is 6.20. The Morgan fingerprint density at radius 3 is 2.29 bits per heavy atom. The number of carbonyl (C=O) groups is 1. The first-order valence-electron chi connectivity index (χ1n) is 4.52. The minimum atomic E-state index is -0.333. The van der Waals surface area contributed by atoms with Crippen LogP contribution >= 0.6 is 0 Å². The van der Waals surface area contributed by atoms with E-state index in [1.807, 2.05) is 6.92 Å². The summed E-state index contributed by atoms with van der Waals surface area (Å²) in [6.07, 6.45) is 2.04. The fourth-order valence-electron chi connectivity index (χ4n) is 1.07. The van der Waals surface area contributed by atoms with E-state index in [1.54, 1.807) is 0 Å². The number of esters is 1. The fraction of sp³-hybridized carbons (Fsp3) is 0.700. The van der Waals surface area contributed by atoms with E-state index in [4.69, 9.17) is 4.74 Å². The van der Waals surface area contributed by atoms with Gasteiger partial charge in [-0.25, -0.2) is 4.79 Å². The molecule has 0 aliphatic heterocycles. The highest BCUT2D eigenvalue weighted by Crippen LogP contribution is 2.04. The average Bonchev–Trinajstić information content (AvgIpc) is 2.00. The Balaban J connectivity index is 0. The molecule has 0 aromatic rings. The average molecular weight is 266 g/mol. The van der Waals surface area contributed by atoms with E-state index in [2.05, 4.69) is 27.7 Å². The highest BCUT2D eigenvalue weighted by atomic mass is 79.9. The van der Waals surface area contributed by atoms with Crippen LogP contribution in [0.4, 0.5) is 0 Å². The van der Waals surface area contributed by atoms with Crippen molar-refractivity contribution in [3.05, 3.63) is 12.7 Å². The van der Waals surface area contributed by atoms with Gasteiger partial charge in [-0.05, 0) is 6.42 Å². The van der Waals surface area contributed by atoms with Gasteiger partial charge < -0.3 is 26.2 Å². The molecule has 0 aliphatic carbocycles. The standard InChI is InChI=1S/C10H20NO2.BrH/c1-6-9(8-11(3,4)5)13-10(12)7-2;/h7,9H,2,6,8H2,1,3-5H3;1H/q+1;/p-1. The number of ether oxygens (including phenoxy) is 1. The van der Waals surface area contributed by atoms with Crippen LogP contribution in [0.2, 0.25) is 0 Å². The Kier molecular flexibility index (Phi) is 8.06. The van der Waals surface area contributed by atoms with Gasteiger partial charge in [-0.15, -0.1) is 0 Å². The maximum Gasteiger partial charge on any atom is 0.330 e. The lowest BCUT2D eigenvalue weighted by molar-refractivity contribution is -0.873. The van der Waals surface area contributed by atoms with Crippen molar-refractivity contribution >= 4 is 5.97 Å². The second kappa shape index (κ2) is 7.01. The highest BCUT2D eigenvalue weighted by Gasteiger charge is 2.18. The number of nitrogens with zero attached hydrogens (tertiary/aromatic N) is 1. The number of carbonyl (C=O) groups excluding carboxylic acids is 1. The summed E-state index contributed by atoms with van der Waals surface area (Å²) < 4.78 is 5.95. The van der Waals surface area contributed by atoms with Crippen LogP contribution in [0.3, 0.4) is 0 Å². The number of rotatable bonds is 5. The fourth-order valence-corrected chi connectivity index (χ4v) is 1.07. The molecule has 3 nitrogen and oxygen atoms in total. The number of hydrogen-bond acceptors (Lipinski definition) is 2. The van der Waals surface area contributed by atoms with Crippen molar-refractivity contribution in [2.24, 2.45) is 0 Å². The van der Waals surface area contributed by atoms with Gasteiger partial charge in [-0.2, -0.15) is 0 Å².